The van der Waals surface area contributed by atoms with Crippen LogP contribution in [0.2, 0.25) is 15.1 Å². The fourth-order valence-electron chi connectivity index (χ4n) is 3.14. The first-order valence-corrected chi connectivity index (χ1v) is 12.1. The molecule has 0 spiro atoms. The topological polar surface area (TPSA) is 56.7 Å². The van der Waals surface area contributed by atoms with Crippen molar-refractivity contribution in [2.24, 2.45) is 0 Å². The van der Waals surface area contributed by atoms with Gasteiger partial charge in [0, 0.05) is 21.0 Å². The smallest absolute Gasteiger partial charge is 0.269 e. The second-order valence-electron chi connectivity index (χ2n) is 8.14. The van der Waals surface area contributed by atoms with Crippen LogP contribution >= 0.6 is 46.6 Å². The Bertz CT molecular complexity index is 1260. The van der Waals surface area contributed by atoms with Crippen molar-refractivity contribution in [3.05, 3.63) is 63.4 Å². The zero-order valence-corrected chi connectivity index (χ0v) is 21.1. The standard InChI is InChI=1S/C23H21Cl3N4OS/c1-5-32-20-18(21-27-28-22(31-21)23(2,3)4)29-30(17-11-10-15(25)12-16(17)26)19(20)13-6-8-14(24)9-7-13/h6-12H,5H2,1-4H3. The van der Waals surface area contributed by atoms with E-state index in [2.05, 4.69) is 17.1 Å². The Kier molecular flexibility index (Phi) is 6.59. The molecule has 0 amide bonds. The van der Waals surface area contributed by atoms with Crippen LogP contribution in [0.25, 0.3) is 28.5 Å². The van der Waals surface area contributed by atoms with Crippen molar-refractivity contribution < 1.29 is 4.42 Å². The summed E-state index contributed by atoms with van der Waals surface area (Å²) in [6.45, 7) is 8.16. The summed E-state index contributed by atoms with van der Waals surface area (Å²) in [5.74, 6) is 1.74. The van der Waals surface area contributed by atoms with Crippen molar-refractivity contribution in [2.45, 2.75) is 38.0 Å². The largest absolute Gasteiger partial charge is 0.419 e. The first-order chi connectivity index (χ1) is 15.2. The molecule has 0 unspecified atom stereocenters. The van der Waals surface area contributed by atoms with Gasteiger partial charge in [-0.15, -0.1) is 22.0 Å². The van der Waals surface area contributed by atoms with Gasteiger partial charge < -0.3 is 4.42 Å². The Morgan fingerprint density at radius 1 is 0.969 bits per heavy atom. The van der Waals surface area contributed by atoms with Gasteiger partial charge in [0.2, 0.25) is 5.89 Å². The average Bonchev–Trinajstić information content (AvgIpc) is 3.34. The van der Waals surface area contributed by atoms with Crippen LogP contribution in [0.1, 0.15) is 33.6 Å². The molecule has 4 aromatic rings. The molecule has 4 rings (SSSR count). The molecule has 0 N–H and O–H groups in total. The minimum absolute atomic E-state index is 0.273. The van der Waals surface area contributed by atoms with Crippen molar-refractivity contribution in [3.8, 4) is 28.5 Å². The lowest BCUT2D eigenvalue weighted by atomic mass is 9.97. The first kappa shape index (κ1) is 23.2. The fraction of sp³-hybridized carbons (Fsp3) is 0.261. The van der Waals surface area contributed by atoms with Crippen molar-refractivity contribution >= 4 is 46.6 Å². The zero-order chi connectivity index (χ0) is 23.0. The van der Waals surface area contributed by atoms with Gasteiger partial charge in [0.25, 0.3) is 5.89 Å². The normalized spacial score (nSPS) is 11.8. The second kappa shape index (κ2) is 9.10. The van der Waals surface area contributed by atoms with E-state index in [4.69, 9.17) is 44.3 Å². The lowest BCUT2D eigenvalue weighted by molar-refractivity contribution is 0.398. The third kappa shape index (κ3) is 4.55. The van der Waals surface area contributed by atoms with E-state index in [-0.39, 0.29) is 5.41 Å². The van der Waals surface area contributed by atoms with E-state index >= 15 is 0 Å². The van der Waals surface area contributed by atoms with Crippen LogP contribution in [0.3, 0.4) is 0 Å². The van der Waals surface area contributed by atoms with E-state index in [1.807, 2.05) is 51.1 Å². The number of thioether (sulfide) groups is 1. The minimum Gasteiger partial charge on any atom is -0.419 e. The summed E-state index contributed by atoms with van der Waals surface area (Å²) >= 11 is 20.5. The van der Waals surface area contributed by atoms with E-state index in [1.165, 1.54) is 0 Å². The van der Waals surface area contributed by atoms with E-state index in [1.54, 1.807) is 28.6 Å². The van der Waals surface area contributed by atoms with Gasteiger partial charge in [0.1, 0.15) is 0 Å². The summed E-state index contributed by atoms with van der Waals surface area (Å²) in [6.07, 6.45) is 0. The van der Waals surface area contributed by atoms with Gasteiger partial charge in [-0.2, -0.15) is 5.10 Å². The maximum atomic E-state index is 6.57. The molecule has 2 heterocycles. The van der Waals surface area contributed by atoms with Crippen molar-refractivity contribution in [1.82, 2.24) is 20.0 Å². The minimum atomic E-state index is -0.273. The van der Waals surface area contributed by atoms with Crippen LogP contribution in [0.5, 0.6) is 0 Å². The maximum absolute atomic E-state index is 6.57. The third-order valence-electron chi connectivity index (χ3n) is 4.66. The Morgan fingerprint density at radius 2 is 1.66 bits per heavy atom. The fourth-order valence-corrected chi connectivity index (χ4v) is 4.64. The van der Waals surface area contributed by atoms with Crippen LogP contribution in [0.15, 0.2) is 51.8 Å². The molecule has 2 aromatic carbocycles. The van der Waals surface area contributed by atoms with Gasteiger partial charge in [-0.3, -0.25) is 0 Å². The highest BCUT2D eigenvalue weighted by atomic mass is 35.5. The Morgan fingerprint density at radius 3 is 2.25 bits per heavy atom. The number of aromatic nitrogens is 4. The summed E-state index contributed by atoms with van der Waals surface area (Å²) in [6, 6.07) is 12.9. The molecule has 0 aliphatic heterocycles. The summed E-state index contributed by atoms with van der Waals surface area (Å²) in [4.78, 5) is 0.921. The monoisotopic (exact) mass is 506 g/mol. The van der Waals surface area contributed by atoms with Crippen LogP contribution < -0.4 is 0 Å². The molecule has 0 bridgehead atoms. The molecule has 0 atom stereocenters. The molecule has 5 nitrogen and oxygen atoms in total. The zero-order valence-electron chi connectivity index (χ0n) is 18.0. The summed E-state index contributed by atoms with van der Waals surface area (Å²) in [5.41, 5.74) is 2.83. The highest BCUT2D eigenvalue weighted by Crippen LogP contribution is 2.42. The lowest BCUT2D eigenvalue weighted by Gasteiger charge is -2.11. The van der Waals surface area contributed by atoms with Gasteiger partial charge in [0.15, 0.2) is 5.69 Å². The van der Waals surface area contributed by atoms with E-state index < -0.39 is 0 Å². The highest BCUT2D eigenvalue weighted by molar-refractivity contribution is 7.99. The molecule has 0 fully saturated rings. The van der Waals surface area contributed by atoms with Gasteiger partial charge in [0.05, 0.1) is 21.3 Å². The molecule has 0 saturated carbocycles. The maximum Gasteiger partial charge on any atom is 0.269 e. The molecule has 0 saturated heterocycles. The molecule has 166 valence electrons. The highest BCUT2D eigenvalue weighted by Gasteiger charge is 2.28. The van der Waals surface area contributed by atoms with Crippen molar-refractivity contribution in [2.75, 3.05) is 5.75 Å². The third-order valence-corrected chi connectivity index (χ3v) is 6.41. The summed E-state index contributed by atoms with van der Waals surface area (Å²) in [7, 11) is 0. The van der Waals surface area contributed by atoms with Crippen molar-refractivity contribution in [3.63, 3.8) is 0 Å². The summed E-state index contributed by atoms with van der Waals surface area (Å²) in [5, 5.41) is 15.1. The van der Waals surface area contributed by atoms with Gasteiger partial charge >= 0.3 is 0 Å². The number of nitrogens with zero attached hydrogens (tertiary/aromatic N) is 4. The van der Waals surface area contributed by atoms with E-state index in [0.717, 1.165) is 21.9 Å². The number of halogens is 3. The van der Waals surface area contributed by atoms with Crippen LogP contribution in [-0.4, -0.2) is 25.7 Å². The number of benzene rings is 2. The predicted octanol–water partition coefficient (Wildman–Crippen LogP) is 7.96. The Hall–Kier alpha value is -1.99. The SMILES string of the molecule is CCSc1c(-c2nnc(C(C)(C)C)o2)nn(-c2ccc(Cl)cc2Cl)c1-c1ccc(Cl)cc1. The van der Waals surface area contributed by atoms with Crippen LogP contribution in [-0.2, 0) is 5.41 Å². The molecular formula is C23H21Cl3N4OS. The van der Waals surface area contributed by atoms with E-state index in [0.29, 0.717) is 38.2 Å². The molecule has 0 aliphatic rings. The van der Waals surface area contributed by atoms with Crippen LogP contribution in [0.4, 0.5) is 0 Å². The number of rotatable bonds is 5. The Balaban J connectivity index is 2.01. The van der Waals surface area contributed by atoms with Crippen LogP contribution in [0, 0.1) is 0 Å². The van der Waals surface area contributed by atoms with Crippen molar-refractivity contribution in [1.29, 1.82) is 0 Å². The predicted molar refractivity (Wildman–Crippen MR) is 132 cm³/mol. The molecule has 32 heavy (non-hydrogen) atoms. The number of hydrogen-bond donors (Lipinski definition) is 0. The molecule has 2 aromatic heterocycles. The molecular weight excluding hydrogens is 487 g/mol. The quantitative estimate of drug-likeness (QED) is 0.256. The molecule has 0 radical (unpaired) electrons. The number of hydrogen-bond acceptors (Lipinski definition) is 5. The summed E-state index contributed by atoms with van der Waals surface area (Å²) < 4.78 is 7.84. The van der Waals surface area contributed by atoms with Gasteiger partial charge in [-0.05, 0) is 36.1 Å². The first-order valence-electron chi connectivity index (χ1n) is 10.0. The lowest BCUT2D eigenvalue weighted by Crippen LogP contribution is -2.11. The molecule has 0 aliphatic carbocycles. The van der Waals surface area contributed by atoms with Gasteiger partial charge in [-0.1, -0.05) is 74.6 Å². The molecule has 9 heteroatoms. The van der Waals surface area contributed by atoms with E-state index in [9.17, 15) is 0 Å². The Labute approximate surface area is 206 Å². The second-order valence-corrected chi connectivity index (χ2v) is 10.7. The average molecular weight is 508 g/mol. The van der Waals surface area contributed by atoms with Gasteiger partial charge in [-0.25, -0.2) is 4.68 Å².